The van der Waals surface area contributed by atoms with E-state index in [1.807, 2.05) is 0 Å². The molecule has 2 heterocycles. The summed E-state index contributed by atoms with van der Waals surface area (Å²) >= 11 is 0. The van der Waals surface area contributed by atoms with Crippen LogP contribution in [0.2, 0.25) is 0 Å². The maximum Gasteiger partial charge on any atom is 0.169 e. The fourth-order valence-corrected chi connectivity index (χ4v) is 2.69. The molecule has 118 valence electrons. The molecule has 0 amide bonds. The quantitative estimate of drug-likeness (QED) is 0.481. The third-order valence-corrected chi connectivity index (χ3v) is 4.16. The predicted molar refractivity (Wildman–Crippen MR) is 91.3 cm³/mol. The van der Waals surface area contributed by atoms with Crippen molar-refractivity contribution in [1.29, 1.82) is 0 Å². The molecule has 0 spiro atoms. The van der Waals surface area contributed by atoms with Crippen molar-refractivity contribution in [3.05, 3.63) is 49.1 Å². The second-order valence-electron chi connectivity index (χ2n) is 6.06. The third-order valence-electron chi connectivity index (χ3n) is 4.16. The maximum atomic E-state index is 2.28. The first-order chi connectivity index (χ1) is 10.8. The van der Waals surface area contributed by atoms with Crippen LogP contribution in [0, 0.1) is 0 Å². The molecule has 0 aromatic carbocycles. The number of aryl methyl sites for hydroxylation is 2. The Bertz CT molecular complexity index is 477. The minimum Gasteiger partial charge on any atom is -0.205 e. The van der Waals surface area contributed by atoms with Gasteiger partial charge in [0.2, 0.25) is 0 Å². The molecular formula is C20H30N2+2. The second-order valence-corrected chi connectivity index (χ2v) is 6.06. The highest BCUT2D eigenvalue weighted by atomic mass is 14.9. The topological polar surface area (TPSA) is 7.76 Å². The molecule has 0 atom stereocenters. The van der Waals surface area contributed by atoms with Gasteiger partial charge in [-0.3, -0.25) is 0 Å². The Hall–Kier alpha value is -1.70. The van der Waals surface area contributed by atoms with Crippen molar-refractivity contribution in [3.8, 4) is 11.1 Å². The third kappa shape index (κ3) is 5.25. The second kappa shape index (κ2) is 9.34. The molecule has 2 aromatic rings. The number of pyridine rings is 2. The van der Waals surface area contributed by atoms with E-state index in [1.165, 1.54) is 49.7 Å². The fraction of sp³-hybridized carbons (Fsp3) is 0.500. The highest BCUT2D eigenvalue weighted by molar-refractivity contribution is 5.60. The highest BCUT2D eigenvalue weighted by Gasteiger charge is 2.05. The van der Waals surface area contributed by atoms with E-state index in [-0.39, 0.29) is 0 Å². The van der Waals surface area contributed by atoms with E-state index < -0.39 is 0 Å². The van der Waals surface area contributed by atoms with E-state index in [2.05, 4.69) is 72.0 Å². The van der Waals surface area contributed by atoms with E-state index in [0.717, 1.165) is 13.1 Å². The van der Waals surface area contributed by atoms with Gasteiger partial charge in [0, 0.05) is 37.1 Å². The molecule has 0 bridgehead atoms. The van der Waals surface area contributed by atoms with Gasteiger partial charge in [-0.2, -0.15) is 0 Å². The van der Waals surface area contributed by atoms with Gasteiger partial charge >= 0.3 is 0 Å². The van der Waals surface area contributed by atoms with Crippen LogP contribution in [0.3, 0.4) is 0 Å². The lowest BCUT2D eigenvalue weighted by atomic mass is 10.1. The first kappa shape index (κ1) is 16.7. The van der Waals surface area contributed by atoms with Crippen molar-refractivity contribution in [2.75, 3.05) is 0 Å². The Balaban J connectivity index is 1.93. The Kier molecular flexibility index (Phi) is 7.08. The average Bonchev–Trinajstić information content (AvgIpc) is 2.57. The normalized spacial score (nSPS) is 10.8. The Morgan fingerprint density at radius 3 is 1.27 bits per heavy atom. The first-order valence-corrected chi connectivity index (χ1v) is 8.82. The summed E-state index contributed by atoms with van der Waals surface area (Å²) in [7, 11) is 0. The molecule has 0 aliphatic rings. The minimum absolute atomic E-state index is 1.13. The van der Waals surface area contributed by atoms with Crippen LogP contribution in [0.15, 0.2) is 49.1 Å². The molecule has 0 fully saturated rings. The summed E-state index contributed by atoms with van der Waals surface area (Å²) in [6.45, 7) is 6.75. The van der Waals surface area contributed by atoms with Gasteiger partial charge in [0.1, 0.15) is 13.1 Å². The summed E-state index contributed by atoms with van der Waals surface area (Å²) in [5.74, 6) is 0. The van der Waals surface area contributed by atoms with Crippen LogP contribution < -0.4 is 9.13 Å². The van der Waals surface area contributed by atoms with Crippen LogP contribution in [0.4, 0.5) is 0 Å². The number of aromatic nitrogens is 2. The van der Waals surface area contributed by atoms with Crippen molar-refractivity contribution in [3.63, 3.8) is 0 Å². The molecule has 2 heteroatoms. The largest absolute Gasteiger partial charge is 0.205 e. The summed E-state index contributed by atoms with van der Waals surface area (Å²) in [4.78, 5) is 0. The molecule has 0 unspecified atom stereocenters. The van der Waals surface area contributed by atoms with E-state index in [1.54, 1.807) is 0 Å². The standard InChI is InChI=1S/C20H30N2/c1-3-5-7-13-21-15-9-19(10-16-21)20-11-17-22(18-12-20)14-8-6-4-2/h9-12,15-18H,3-8,13-14H2,1-2H3/q+2. The smallest absolute Gasteiger partial charge is 0.169 e. The Morgan fingerprint density at radius 1 is 0.591 bits per heavy atom. The first-order valence-electron chi connectivity index (χ1n) is 8.82. The lowest BCUT2D eigenvalue weighted by Crippen LogP contribution is -2.33. The van der Waals surface area contributed by atoms with Crippen LogP contribution in [0.25, 0.3) is 11.1 Å². The van der Waals surface area contributed by atoms with E-state index in [4.69, 9.17) is 0 Å². The molecule has 2 aromatic heterocycles. The zero-order valence-electron chi connectivity index (χ0n) is 14.2. The average molecular weight is 298 g/mol. The van der Waals surface area contributed by atoms with Crippen LogP contribution in [0.5, 0.6) is 0 Å². The Labute approximate surface area is 135 Å². The molecule has 2 rings (SSSR count). The van der Waals surface area contributed by atoms with Crippen LogP contribution in [0.1, 0.15) is 52.4 Å². The van der Waals surface area contributed by atoms with E-state index in [9.17, 15) is 0 Å². The summed E-state index contributed by atoms with van der Waals surface area (Å²) in [5, 5.41) is 0. The Morgan fingerprint density at radius 2 is 0.955 bits per heavy atom. The van der Waals surface area contributed by atoms with Gasteiger partial charge < -0.3 is 0 Å². The highest BCUT2D eigenvalue weighted by Crippen LogP contribution is 2.15. The zero-order valence-corrected chi connectivity index (χ0v) is 14.2. The van der Waals surface area contributed by atoms with Gasteiger partial charge in [-0.1, -0.05) is 26.7 Å². The van der Waals surface area contributed by atoms with Gasteiger partial charge in [-0.05, 0) is 24.0 Å². The monoisotopic (exact) mass is 298 g/mol. The van der Waals surface area contributed by atoms with Crippen LogP contribution in [-0.2, 0) is 13.1 Å². The van der Waals surface area contributed by atoms with Gasteiger partial charge in [0.25, 0.3) is 0 Å². The van der Waals surface area contributed by atoms with Crippen molar-refractivity contribution >= 4 is 0 Å². The minimum atomic E-state index is 1.13. The number of hydrogen-bond donors (Lipinski definition) is 0. The lowest BCUT2D eigenvalue weighted by Gasteiger charge is -2.01. The maximum absolute atomic E-state index is 2.28. The van der Waals surface area contributed by atoms with Crippen molar-refractivity contribution in [1.82, 2.24) is 0 Å². The SMILES string of the molecule is CCCCC[n+]1ccc(-c2cc[n+](CCCCC)cc2)cc1. The van der Waals surface area contributed by atoms with Gasteiger partial charge in [-0.15, -0.1) is 0 Å². The van der Waals surface area contributed by atoms with Crippen molar-refractivity contribution in [2.24, 2.45) is 0 Å². The zero-order chi connectivity index (χ0) is 15.6. The molecular weight excluding hydrogens is 268 g/mol. The number of hydrogen-bond acceptors (Lipinski definition) is 0. The molecule has 22 heavy (non-hydrogen) atoms. The number of unbranched alkanes of at least 4 members (excludes halogenated alkanes) is 4. The molecule has 0 saturated heterocycles. The summed E-state index contributed by atoms with van der Waals surface area (Å²) in [5.41, 5.74) is 2.60. The number of nitrogens with zero attached hydrogens (tertiary/aromatic N) is 2. The van der Waals surface area contributed by atoms with E-state index >= 15 is 0 Å². The summed E-state index contributed by atoms with van der Waals surface area (Å²) < 4.78 is 4.57. The van der Waals surface area contributed by atoms with Gasteiger partial charge in [0.05, 0.1) is 0 Å². The fourth-order valence-electron chi connectivity index (χ4n) is 2.69. The van der Waals surface area contributed by atoms with Crippen molar-refractivity contribution in [2.45, 2.75) is 65.5 Å². The van der Waals surface area contributed by atoms with Crippen LogP contribution >= 0.6 is 0 Å². The summed E-state index contributed by atoms with van der Waals surface area (Å²) in [6.07, 6.45) is 16.5. The number of rotatable bonds is 9. The van der Waals surface area contributed by atoms with Crippen LogP contribution in [-0.4, -0.2) is 0 Å². The predicted octanol–water partition coefficient (Wildman–Crippen LogP) is 4.31. The van der Waals surface area contributed by atoms with Gasteiger partial charge in [0.15, 0.2) is 24.8 Å². The molecule has 0 radical (unpaired) electrons. The summed E-state index contributed by atoms with van der Waals surface area (Å²) in [6, 6.07) is 8.90. The molecule has 0 N–H and O–H groups in total. The molecule has 2 nitrogen and oxygen atoms in total. The molecule has 0 aliphatic carbocycles. The molecule has 0 aliphatic heterocycles. The molecule has 0 saturated carbocycles. The van der Waals surface area contributed by atoms with E-state index in [0.29, 0.717) is 0 Å². The van der Waals surface area contributed by atoms with Gasteiger partial charge in [-0.25, -0.2) is 9.13 Å². The van der Waals surface area contributed by atoms with Crippen molar-refractivity contribution < 1.29 is 9.13 Å². The lowest BCUT2D eigenvalue weighted by molar-refractivity contribution is -0.697.